The molecule has 0 spiro atoms. The van der Waals surface area contributed by atoms with E-state index in [1.54, 1.807) is 11.3 Å². The lowest BCUT2D eigenvalue weighted by atomic mass is 10.0. The Balaban J connectivity index is 1.94. The number of hydrogen-bond acceptors (Lipinski definition) is 3. The standard InChI is InChI=1S/C12H16N2O3S/c1-8-2-4-14(10(8)11(15)16)12(17)13-6-9-3-5-18-7-9/h3,5,7-8,10H,2,4,6H2,1H3,(H,13,17)(H,15,16). The number of urea groups is 1. The van der Waals surface area contributed by atoms with Gasteiger partial charge in [-0.1, -0.05) is 6.92 Å². The van der Waals surface area contributed by atoms with Gasteiger partial charge in [-0.2, -0.15) is 11.3 Å². The average Bonchev–Trinajstić information content (AvgIpc) is 2.94. The lowest BCUT2D eigenvalue weighted by Gasteiger charge is -2.23. The molecule has 0 saturated carbocycles. The van der Waals surface area contributed by atoms with Crippen molar-refractivity contribution in [2.24, 2.45) is 5.92 Å². The molecular formula is C12H16N2O3S. The Morgan fingerprint density at radius 1 is 1.61 bits per heavy atom. The van der Waals surface area contributed by atoms with E-state index in [2.05, 4.69) is 5.32 Å². The summed E-state index contributed by atoms with van der Waals surface area (Å²) in [6.45, 7) is 2.82. The average molecular weight is 268 g/mol. The predicted octanol–water partition coefficient (Wildman–Crippen LogP) is 1.75. The zero-order valence-electron chi connectivity index (χ0n) is 10.1. The molecule has 0 bridgehead atoms. The molecule has 0 aliphatic carbocycles. The highest BCUT2D eigenvalue weighted by molar-refractivity contribution is 7.07. The number of carboxylic acids is 1. The van der Waals surface area contributed by atoms with E-state index in [9.17, 15) is 9.59 Å². The molecule has 6 heteroatoms. The van der Waals surface area contributed by atoms with Gasteiger partial charge in [-0.05, 0) is 34.7 Å². The number of aliphatic carboxylic acids is 1. The summed E-state index contributed by atoms with van der Waals surface area (Å²) in [6, 6.07) is 0.942. The molecule has 2 atom stereocenters. The van der Waals surface area contributed by atoms with Gasteiger partial charge >= 0.3 is 12.0 Å². The highest BCUT2D eigenvalue weighted by atomic mass is 32.1. The van der Waals surface area contributed by atoms with Crippen LogP contribution in [0, 0.1) is 5.92 Å². The van der Waals surface area contributed by atoms with Gasteiger partial charge in [0.25, 0.3) is 0 Å². The Kier molecular flexibility index (Phi) is 3.86. The Labute approximate surface area is 109 Å². The van der Waals surface area contributed by atoms with E-state index in [1.807, 2.05) is 23.8 Å². The molecule has 0 aromatic carbocycles. The summed E-state index contributed by atoms with van der Waals surface area (Å²) in [5.74, 6) is -0.917. The lowest BCUT2D eigenvalue weighted by Crippen LogP contribution is -2.47. The van der Waals surface area contributed by atoms with Gasteiger partial charge in [0.2, 0.25) is 0 Å². The predicted molar refractivity (Wildman–Crippen MR) is 68.5 cm³/mol. The Hall–Kier alpha value is -1.56. The van der Waals surface area contributed by atoms with Gasteiger partial charge in [0.1, 0.15) is 6.04 Å². The zero-order chi connectivity index (χ0) is 13.1. The topological polar surface area (TPSA) is 69.6 Å². The smallest absolute Gasteiger partial charge is 0.326 e. The van der Waals surface area contributed by atoms with Crippen LogP contribution in [0.3, 0.4) is 0 Å². The second-order valence-corrected chi connectivity index (χ2v) is 5.31. The zero-order valence-corrected chi connectivity index (χ0v) is 10.9. The van der Waals surface area contributed by atoms with E-state index in [-0.39, 0.29) is 11.9 Å². The van der Waals surface area contributed by atoms with E-state index in [1.165, 1.54) is 4.90 Å². The molecule has 1 aromatic rings. The molecule has 18 heavy (non-hydrogen) atoms. The van der Waals surface area contributed by atoms with Gasteiger partial charge in [-0.25, -0.2) is 9.59 Å². The highest BCUT2D eigenvalue weighted by Gasteiger charge is 2.39. The Bertz CT molecular complexity index is 433. The monoisotopic (exact) mass is 268 g/mol. The summed E-state index contributed by atoms with van der Waals surface area (Å²) in [5, 5.41) is 15.8. The molecule has 1 fully saturated rings. The fourth-order valence-electron chi connectivity index (χ4n) is 2.22. The first kappa shape index (κ1) is 12.9. The van der Waals surface area contributed by atoms with Crippen LogP contribution in [0.1, 0.15) is 18.9 Å². The van der Waals surface area contributed by atoms with Gasteiger partial charge in [-0.15, -0.1) is 0 Å². The maximum Gasteiger partial charge on any atom is 0.326 e. The van der Waals surface area contributed by atoms with Gasteiger partial charge in [-0.3, -0.25) is 0 Å². The molecule has 2 rings (SSSR count). The van der Waals surface area contributed by atoms with Crippen LogP contribution in [0.25, 0.3) is 0 Å². The minimum atomic E-state index is -0.925. The van der Waals surface area contributed by atoms with E-state index in [0.717, 1.165) is 12.0 Å². The van der Waals surface area contributed by atoms with Crippen LogP contribution < -0.4 is 5.32 Å². The molecule has 1 aromatic heterocycles. The van der Waals surface area contributed by atoms with Crippen LogP contribution in [0.2, 0.25) is 0 Å². The van der Waals surface area contributed by atoms with Crippen molar-refractivity contribution in [1.82, 2.24) is 10.2 Å². The first-order chi connectivity index (χ1) is 8.59. The molecule has 1 aliphatic heterocycles. The number of likely N-dealkylation sites (tertiary alicyclic amines) is 1. The highest BCUT2D eigenvalue weighted by Crippen LogP contribution is 2.24. The molecule has 5 nitrogen and oxygen atoms in total. The van der Waals surface area contributed by atoms with Crippen molar-refractivity contribution in [3.05, 3.63) is 22.4 Å². The van der Waals surface area contributed by atoms with Crippen LogP contribution in [0.5, 0.6) is 0 Å². The molecule has 98 valence electrons. The maximum absolute atomic E-state index is 12.0. The largest absolute Gasteiger partial charge is 0.480 e. The van der Waals surface area contributed by atoms with Crippen LogP contribution in [0.4, 0.5) is 4.79 Å². The van der Waals surface area contributed by atoms with E-state index >= 15 is 0 Å². The fraction of sp³-hybridized carbons (Fsp3) is 0.500. The maximum atomic E-state index is 12.0. The number of thiophene rings is 1. The van der Waals surface area contributed by atoms with Crippen LogP contribution in [-0.2, 0) is 11.3 Å². The number of carbonyl (C=O) groups is 2. The van der Waals surface area contributed by atoms with Crippen molar-refractivity contribution in [1.29, 1.82) is 0 Å². The van der Waals surface area contributed by atoms with Crippen molar-refractivity contribution < 1.29 is 14.7 Å². The molecule has 0 radical (unpaired) electrons. The molecule has 2 heterocycles. The van der Waals surface area contributed by atoms with Crippen molar-refractivity contribution in [2.45, 2.75) is 25.9 Å². The molecule has 1 saturated heterocycles. The molecule has 2 N–H and O–H groups in total. The fourth-order valence-corrected chi connectivity index (χ4v) is 2.89. The second-order valence-electron chi connectivity index (χ2n) is 4.53. The summed E-state index contributed by atoms with van der Waals surface area (Å²) in [7, 11) is 0. The van der Waals surface area contributed by atoms with Gasteiger partial charge in [0.15, 0.2) is 0 Å². The molecule has 1 aliphatic rings. The van der Waals surface area contributed by atoms with E-state index < -0.39 is 12.0 Å². The lowest BCUT2D eigenvalue weighted by molar-refractivity contribution is -0.142. The van der Waals surface area contributed by atoms with E-state index in [0.29, 0.717) is 13.1 Å². The summed E-state index contributed by atoms with van der Waals surface area (Å²) in [4.78, 5) is 24.5. The molecule has 2 amide bonds. The molecular weight excluding hydrogens is 252 g/mol. The third-order valence-corrected chi connectivity index (χ3v) is 3.97. The number of nitrogens with zero attached hydrogens (tertiary/aromatic N) is 1. The van der Waals surface area contributed by atoms with Crippen molar-refractivity contribution in [3.8, 4) is 0 Å². The van der Waals surface area contributed by atoms with Gasteiger partial charge < -0.3 is 15.3 Å². The van der Waals surface area contributed by atoms with Crippen LogP contribution >= 0.6 is 11.3 Å². The van der Waals surface area contributed by atoms with Crippen LogP contribution in [0.15, 0.2) is 16.8 Å². The Morgan fingerprint density at radius 2 is 2.39 bits per heavy atom. The SMILES string of the molecule is CC1CCN(C(=O)NCc2ccsc2)C1C(=O)O. The number of carbonyl (C=O) groups excluding carboxylic acids is 1. The van der Waals surface area contributed by atoms with E-state index in [4.69, 9.17) is 5.11 Å². The van der Waals surface area contributed by atoms with Crippen LogP contribution in [-0.4, -0.2) is 34.6 Å². The van der Waals surface area contributed by atoms with Crippen molar-refractivity contribution in [2.75, 3.05) is 6.54 Å². The number of nitrogens with one attached hydrogen (secondary N) is 1. The normalized spacial score (nSPS) is 23.1. The summed E-state index contributed by atoms with van der Waals surface area (Å²) in [5.41, 5.74) is 1.03. The number of carboxylic acid groups (broad SMARTS) is 1. The third kappa shape index (κ3) is 2.64. The first-order valence-electron chi connectivity index (χ1n) is 5.88. The summed E-state index contributed by atoms with van der Waals surface area (Å²) in [6.07, 6.45) is 0.739. The van der Waals surface area contributed by atoms with Gasteiger partial charge in [0.05, 0.1) is 0 Å². The minimum Gasteiger partial charge on any atom is -0.480 e. The second kappa shape index (κ2) is 5.39. The number of rotatable bonds is 3. The summed E-state index contributed by atoms with van der Waals surface area (Å²) >= 11 is 1.57. The first-order valence-corrected chi connectivity index (χ1v) is 6.82. The molecule has 2 unspecified atom stereocenters. The third-order valence-electron chi connectivity index (χ3n) is 3.24. The minimum absolute atomic E-state index is 0.00870. The Morgan fingerprint density at radius 3 is 3.00 bits per heavy atom. The quantitative estimate of drug-likeness (QED) is 0.877. The van der Waals surface area contributed by atoms with Crippen molar-refractivity contribution in [3.63, 3.8) is 0 Å². The van der Waals surface area contributed by atoms with Crippen molar-refractivity contribution >= 4 is 23.3 Å². The summed E-state index contributed by atoms with van der Waals surface area (Å²) < 4.78 is 0. The number of amides is 2. The number of hydrogen-bond donors (Lipinski definition) is 2. The van der Waals surface area contributed by atoms with Gasteiger partial charge in [0, 0.05) is 13.1 Å².